The maximum atomic E-state index is 2.44. The van der Waals surface area contributed by atoms with Crippen LogP contribution in [0.1, 0.15) is 11.1 Å². The highest BCUT2D eigenvalue weighted by molar-refractivity contribution is 6.27. The van der Waals surface area contributed by atoms with Crippen molar-refractivity contribution >= 4 is 43.1 Å². The lowest BCUT2D eigenvalue weighted by Gasteiger charge is -2.17. The Balaban J connectivity index is 1.15. The molecule has 0 heteroatoms. The quantitative estimate of drug-likeness (QED) is 0.186. The first-order valence-corrected chi connectivity index (χ1v) is 15.8. The minimum absolute atomic E-state index is 0.988. The van der Waals surface area contributed by atoms with Crippen molar-refractivity contribution < 1.29 is 0 Å². The second-order valence-electron chi connectivity index (χ2n) is 12.5. The molecule has 0 bridgehead atoms. The van der Waals surface area contributed by atoms with Crippen LogP contribution in [0.2, 0.25) is 0 Å². The molecule has 0 fully saturated rings. The van der Waals surface area contributed by atoms with Crippen molar-refractivity contribution in [1.29, 1.82) is 0 Å². The van der Waals surface area contributed by atoms with Gasteiger partial charge < -0.3 is 0 Å². The zero-order valence-corrected chi connectivity index (χ0v) is 24.7. The van der Waals surface area contributed by atoms with Gasteiger partial charge in [0.25, 0.3) is 0 Å². The monoisotopic (exact) mass is 568 g/mol. The Bertz CT molecular complexity index is 2600. The average Bonchev–Trinajstić information content (AvgIpc) is 3.48. The van der Waals surface area contributed by atoms with Gasteiger partial charge in [-0.2, -0.15) is 0 Å². The van der Waals surface area contributed by atoms with Crippen LogP contribution in [0, 0.1) is 0 Å². The van der Waals surface area contributed by atoms with Crippen LogP contribution >= 0.6 is 0 Å². The van der Waals surface area contributed by atoms with E-state index in [1.807, 2.05) is 0 Å². The first-order chi connectivity index (χ1) is 22.3. The van der Waals surface area contributed by atoms with Crippen molar-refractivity contribution in [1.82, 2.24) is 0 Å². The number of benzene rings is 9. The molecule has 0 amide bonds. The molecule has 1 aliphatic rings. The molecule has 9 aromatic carbocycles. The van der Waals surface area contributed by atoms with Crippen LogP contribution < -0.4 is 0 Å². The molecule has 0 spiro atoms. The molecule has 0 radical (unpaired) electrons. The molecule has 0 heterocycles. The minimum Gasteiger partial charge on any atom is -0.0622 e. The van der Waals surface area contributed by atoms with Crippen molar-refractivity contribution in [2.45, 2.75) is 6.42 Å². The Morgan fingerprint density at radius 3 is 1.49 bits per heavy atom. The Morgan fingerprint density at radius 1 is 0.289 bits per heavy atom. The van der Waals surface area contributed by atoms with Crippen molar-refractivity contribution in [3.63, 3.8) is 0 Å². The van der Waals surface area contributed by atoms with Crippen molar-refractivity contribution in [3.8, 4) is 44.5 Å². The van der Waals surface area contributed by atoms with Gasteiger partial charge >= 0.3 is 0 Å². The van der Waals surface area contributed by atoms with E-state index in [0.717, 1.165) is 6.42 Å². The lowest BCUT2D eigenvalue weighted by molar-refractivity contribution is 1.26. The van der Waals surface area contributed by atoms with Gasteiger partial charge in [0.2, 0.25) is 0 Å². The SMILES string of the molecule is c1ccc(-c2ccc3ccc4c(-c5ccc6c(c5)-c5cc(-c7cccc8ccccc78)ccc5C6)ccc5ccc2c3c54)cc1. The molecule has 0 saturated heterocycles. The molecular formula is C45H28. The first kappa shape index (κ1) is 24.7. The van der Waals surface area contributed by atoms with E-state index in [9.17, 15) is 0 Å². The fraction of sp³-hybridized carbons (Fsp3) is 0.0222. The summed E-state index contributed by atoms with van der Waals surface area (Å²) in [5.74, 6) is 0. The summed E-state index contributed by atoms with van der Waals surface area (Å²) in [6, 6.07) is 58.7. The normalized spacial score (nSPS) is 12.4. The van der Waals surface area contributed by atoms with E-state index in [0.29, 0.717) is 0 Å². The molecule has 0 aliphatic heterocycles. The molecule has 0 saturated carbocycles. The molecular weight excluding hydrogens is 540 g/mol. The molecule has 0 N–H and O–H groups in total. The van der Waals surface area contributed by atoms with E-state index < -0.39 is 0 Å². The van der Waals surface area contributed by atoms with Crippen molar-refractivity contribution in [2.24, 2.45) is 0 Å². The van der Waals surface area contributed by atoms with Crippen LogP contribution in [-0.4, -0.2) is 0 Å². The number of hydrogen-bond donors (Lipinski definition) is 0. The van der Waals surface area contributed by atoms with E-state index in [2.05, 4.69) is 158 Å². The smallest absolute Gasteiger partial charge is 0.00134 e. The maximum absolute atomic E-state index is 2.44. The predicted molar refractivity (Wildman–Crippen MR) is 192 cm³/mol. The summed E-state index contributed by atoms with van der Waals surface area (Å²) in [7, 11) is 0. The molecule has 9 aromatic rings. The Labute approximate surface area is 262 Å². The Hall–Kier alpha value is -5.72. The standard InChI is InChI=1S/C45H28/c1-2-7-28(8-3-1)38-21-17-30-20-24-41-39(22-18-31-19-23-40(38)44(30)45(31)41)35-16-14-33-25-32-13-15-34(26-42(32)43(33)27-35)37-12-6-10-29-9-4-5-11-36(29)37/h1-24,26-27H,25H2. The molecule has 0 aromatic heterocycles. The van der Waals surface area contributed by atoms with Crippen LogP contribution in [0.3, 0.4) is 0 Å². The number of rotatable bonds is 3. The lowest BCUT2D eigenvalue weighted by atomic mass is 9.87. The zero-order chi connectivity index (χ0) is 29.5. The van der Waals surface area contributed by atoms with Crippen LogP contribution in [0.25, 0.3) is 87.6 Å². The highest BCUT2D eigenvalue weighted by Gasteiger charge is 2.21. The summed E-state index contributed by atoms with van der Waals surface area (Å²) >= 11 is 0. The van der Waals surface area contributed by atoms with E-state index in [4.69, 9.17) is 0 Å². The Kier molecular flexibility index (Phi) is 5.15. The fourth-order valence-electron chi connectivity index (χ4n) is 7.90. The molecule has 0 unspecified atom stereocenters. The van der Waals surface area contributed by atoms with Gasteiger partial charge in [0.1, 0.15) is 0 Å². The van der Waals surface area contributed by atoms with E-state index in [1.165, 1.54) is 98.7 Å². The van der Waals surface area contributed by atoms with Gasteiger partial charge in [0, 0.05) is 0 Å². The third kappa shape index (κ3) is 3.66. The van der Waals surface area contributed by atoms with Gasteiger partial charge in [0.05, 0.1) is 0 Å². The van der Waals surface area contributed by atoms with Crippen molar-refractivity contribution in [2.75, 3.05) is 0 Å². The first-order valence-electron chi connectivity index (χ1n) is 15.8. The van der Waals surface area contributed by atoms with E-state index in [1.54, 1.807) is 0 Å². The summed E-state index contributed by atoms with van der Waals surface area (Å²) < 4.78 is 0. The van der Waals surface area contributed by atoms with Crippen LogP contribution in [-0.2, 0) is 6.42 Å². The highest BCUT2D eigenvalue weighted by atomic mass is 14.2. The van der Waals surface area contributed by atoms with Gasteiger partial charge in [-0.3, -0.25) is 0 Å². The number of hydrogen-bond acceptors (Lipinski definition) is 0. The van der Waals surface area contributed by atoms with Crippen LogP contribution in [0.15, 0.2) is 158 Å². The lowest BCUT2D eigenvalue weighted by Crippen LogP contribution is -1.90. The summed E-state index contributed by atoms with van der Waals surface area (Å²) in [6.07, 6.45) is 0.988. The van der Waals surface area contributed by atoms with Gasteiger partial charge in [-0.25, -0.2) is 0 Å². The predicted octanol–water partition coefficient (Wildman–Crippen LogP) is 12.3. The van der Waals surface area contributed by atoms with E-state index >= 15 is 0 Å². The summed E-state index contributed by atoms with van der Waals surface area (Å²) in [6.45, 7) is 0. The van der Waals surface area contributed by atoms with Gasteiger partial charge in [-0.05, 0) is 117 Å². The zero-order valence-electron chi connectivity index (χ0n) is 24.7. The number of fused-ring (bicyclic) bond motifs is 4. The second kappa shape index (κ2) is 9.39. The van der Waals surface area contributed by atoms with Crippen LogP contribution in [0.5, 0.6) is 0 Å². The fourth-order valence-corrected chi connectivity index (χ4v) is 7.90. The van der Waals surface area contributed by atoms with Crippen molar-refractivity contribution in [3.05, 3.63) is 169 Å². The largest absolute Gasteiger partial charge is 0.0622 e. The van der Waals surface area contributed by atoms with E-state index in [-0.39, 0.29) is 0 Å². The minimum atomic E-state index is 0.988. The average molecular weight is 569 g/mol. The molecule has 45 heavy (non-hydrogen) atoms. The van der Waals surface area contributed by atoms with Gasteiger partial charge in [0.15, 0.2) is 0 Å². The summed E-state index contributed by atoms with van der Waals surface area (Å²) in [4.78, 5) is 0. The van der Waals surface area contributed by atoms with Gasteiger partial charge in [-0.15, -0.1) is 0 Å². The molecule has 10 rings (SSSR count). The third-order valence-corrected chi connectivity index (χ3v) is 10.1. The topological polar surface area (TPSA) is 0 Å². The molecule has 0 atom stereocenters. The highest BCUT2D eigenvalue weighted by Crippen LogP contribution is 2.45. The molecule has 1 aliphatic carbocycles. The van der Waals surface area contributed by atoms with Gasteiger partial charge in [-0.1, -0.05) is 146 Å². The summed E-state index contributed by atoms with van der Waals surface area (Å²) in [5.41, 5.74) is 13.2. The second-order valence-corrected chi connectivity index (χ2v) is 12.5. The molecule has 208 valence electrons. The maximum Gasteiger partial charge on any atom is -0.00134 e. The molecule has 0 nitrogen and oxygen atoms in total. The Morgan fingerprint density at radius 2 is 0.822 bits per heavy atom. The summed E-state index contributed by atoms with van der Waals surface area (Å²) in [5, 5.41) is 10.5. The third-order valence-electron chi connectivity index (χ3n) is 10.1. The van der Waals surface area contributed by atoms with Crippen LogP contribution in [0.4, 0.5) is 0 Å².